The van der Waals surface area contributed by atoms with E-state index in [1.165, 1.54) is 11.3 Å². The lowest BCUT2D eigenvalue weighted by atomic mass is 10.1. The minimum absolute atomic E-state index is 0.0541. The Labute approximate surface area is 128 Å². The third kappa shape index (κ3) is 2.49. The van der Waals surface area contributed by atoms with Crippen LogP contribution in [0.5, 0.6) is 0 Å². The summed E-state index contributed by atoms with van der Waals surface area (Å²) in [6.07, 6.45) is 0. The second kappa shape index (κ2) is 5.61. The molecule has 4 N–H and O–H groups in total. The number of hydrogen-bond donors (Lipinski definition) is 3. The number of anilines is 1. The second-order valence-corrected chi connectivity index (χ2v) is 5.82. The molecule has 0 saturated carbocycles. The summed E-state index contributed by atoms with van der Waals surface area (Å²) in [7, 11) is 0. The Morgan fingerprint density at radius 1 is 1.48 bits per heavy atom. The third-order valence-corrected chi connectivity index (χ3v) is 4.76. The zero-order chi connectivity index (χ0) is 15.0. The summed E-state index contributed by atoms with van der Waals surface area (Å²) < 4.78 is 5.66. The highest BCUT2D eigenvalue weighted by atomic mass is 35.5. The highest BCUT2D eigenvalue weighted by molar-refractivity contribution is 7.26. The van der Waals surface area contributed by atoms with Gasteiger partial charge in [0.2, 0.25) is 5.88 Å². The zero-order valence-electron chi connectivity index (χ0n) is 10.9. The first-order valence-corrected chi connectivity index (χ1v) is 7.43. The molecule has 0 atom stereocenters. The van der Waals surface area contributed by atoms with E-state index in [-0.39, 0.29) is 12.5 Å². The van der Waals surface area contributed by atoms with E-state index >= 15 is 0 Å². The zero-order valence-corrected chi connectivity index (χ0v) is 12.4. The minimum Gasteiger partial charge on any atom is -0.395 e. The fraction of sp³-hybridized carbons (Fsp3) is 0.231. The van der Waals surface area contributed by atoms with Crippen molar-refractivity contribution in [2.24, 2.45) is 0 Å². The topological polar surface area (TPSA) is 101 Å². The molecule has 0 fully saturated rings. The maximum Gasteiger partial charge on any atom is 0.441 e. The predicted molar refractivity (Wildman–Crippen MR) is 83.9 cm³/mol. The van der Waals surface area contributed by atoms with Crippen LogP contribution in [0, 0.1) is 0 Å². The number of halogens is 1. The number of thiophene rings is 1. The van der Waals surface area contributed by atoms with Crippen molar-refractivity contribution in [1.82, 2.24) is 10.3 Å². The number of aliphatic hydroxyl groups excluding tert-OH is 1. The van der Waals surface area contributed by atoms with E-state index in [4.69, 9.17) is 26.9 Å². The summed E-state index contributed by atoms with van der Waals surface area (Å²) in [6.45, 7) is 1.11. The molecule has 2 aromatic heterocycles. The Kier molecular flexibility index (Phi) is 3.81. The van der Waals surface area contributed by atoms with Crippen LogP contribution in [0.3, 0.4) is 0 Å². The number of aromatic nitrogens is 1. The summed E-state index contributed by atoms with van der Waals surface area (Å²) in [4.78, 5) is 15.6. The molecule has 0 spiro atoms. The lowest BCUT2D eigenvalue weighted by Gasteiger charge is -2.06. The van der Waals surface area contributed by atoms with Gasteiger partial charge in [-0.1, -0.05) is 23.7 Å². The molecule has 3 rings (SSSR count). The Morgan fingerprint density at radius 3 is 3.05 bits per heavy atom. The standard InChI is InChI=1S/C13H12ClN3O3S/c14-9-6(5-16-3-4-18)1-2-7-8-11(15)20-13(19)17-12(8)21-10(7)9/h1-2,16,18H,3-5,15H2. The molecule has 21 heavy (non-hydrogen) atoms. The van der Waals surface area contributed by atoms with E-state index < -0.39 is 5.76 Å². The fourth-order valence-electron chi connectivity index (χ4n) is 2.16. The lowest BCUT2D eigenvalue weighted by Crippen LogP contribution is -2.17. The third-order valence-electron chi connectivity index (χ3n) is 3.10. The van der Waals surface area contributed by atoms with Crippen molar-refractivity contribution in [3.8, 4) is 0 Å². The van der Waals surface area contributed by atoms with Gasteiger partial charge in [0.05, 0.1) is 21.7 Å². The molecule has 0 unspecified atom stereocenters. The maximum absolute atomic E-state index is 11.3. The van der Waals surface area contributed by atoms with Gasteiger partial charge in [0.25, 0.3) is 0 Å². The first-order valence-electron chi connectivity index (χ1n) is 6.23. The highest BCUT2D eigenvalue weighted by Gasteiger charge is 2.16. The Bertz CT molecular complexity index is 874. The molecular formula is C13H12ClN3O3S. The van der Waals surface area contributed by atoms with E-state index in [1.54, 1.807) is 0 Å². The summed E-state index contributed by atoms with van der Waals surface area (Å²) in [5.41, 5.74) is 6.68. The highest BCUT2D eigenvalue weighted by Crippen LogP contribution is 2.40. The van der Waals surface area contributed by atoms with E-state index in [0.717, 1.165) is 15.6 Å². The van der Waals surface area contributed by atoms with Crippen molar-refractivity contribution in [1.29, 1.82) is 0 Å². The van der Waals surface area contributed by atoms with Gasteiger partial charge in [0.1, 0.15) is 4.83 Å². The van der Waals surface area contributed by atoms with Crippen LogP contribution in [-0.4, -0.2) is 23.2 Å². The number of nitrogens with two attached hydrogens (primary N) is 1. The number of rotatable bonds is 4. The van der Waals surface area contributed by atoms with Gasteiger partial charge >= 0.3 is 5.76 Å². The van der Waals surface area contributed by atoms with E-state index in [0.29, 0.717) is 28.3 Å². The maximum atomic E-state index is 11.3. The quantitative estimate of drug-likeness (QED) is 0.631. The summed E-state index contributed by atoms with van der Waals surface area (Å²) >= 11 is 7.72. The van der Waals surface area contributed by atoms with Gasteiger partial charge in [-0.3, -0.25) is 0 Å². The second-order valence-electron chi connectivity index (χ2n) is 4.44. The van der Waals surface area contributed by atoms with E-state index in [1.807, 2.05) is 12.1 Å². The van der Waals surface area contributed by atoms with Crippen molar-refractivity contribution < 1.29 is 9.52 Å². The molecule has 6 nitrogen and oxygen atoms in total. The Morgan fingerprint density at radius 2 is 2.29 bits per heavy atom. The van der Waals surface area contributed by atoms with Crippen LogP contribution >= 0.6 is 22.9 Å². The molecule has 2 heterocycles. The van der Waals surface area contributed by atoms with Gasteiger partial charge in [-0.2, -0.15) is 4.98 Å². The first-order chi connectivity index (χ1) is 10.1. The monoisotopic (exact) mass is 325 g/mol. The number of nitrogens with zero attached hydrogens (tertiary/aromatic N) is 1. The molecule has 1 aromatic carbocycles. The average molecular weight is 326 g/mol. The van der Waals surface area contributed by atoms with Gasteiger partial charge < -0.3 is 20.6 Å². The van der Waals surface area contributed by atoms with Crippen LogP contribution in [0.2, 0.25) is 5.02 Å². The van der Waals surface area contributed by atoms with Crippen LogP contribution < -0.4 is 16.8 Å². The van der Waals surface area contributed by atoms with Gasteiger partial charge in [-0.25, -0.2) is 4.79 Å². The van der Waals surface area contributed by atoms with Gasteiger partial charge in [-0.15, -0.1) is 11.3 Å². The summed E-state index contributed by atoms with van der Waals surface area (Å²) in [5, 5.41) is 13.9. The molecule has 0 aliphatic carbocycles. The normalized spacial score (nSPS) is 11.5. The van der Waals surface area contributed by atoms with E-state index in [9.17, 15) is 4.79 Å². The smallest absolute Gasteiger partial charge is 0.395 e. The van der Waals surface area contributed by atoms with Crippen molar-refractivity contribution in [3.63, 3.8) is 0 Å². The van der Waals surface area contributed by atoms with Crippen molar-refractivity contribution >= 4 is 49.1 Å². The summed E-state index contributed by atoms with van der Waals surface area (Å²) in [5.74, 6) is -0.661. The van der Waals surface area contributed by atoms with E-state index in [2.05, 4.69) is 10.3 Å². The van der Waals surface area contributed by atoms with Gasteiger partial charge in [-0.05, 0) is 5.56 Å². The van der Waals surface area contributed by atoms with Crippen LogP contribution in [0.4, 0.5) is 5.88 Å². The van der Waals surface area contributed by atoms with Crippen LogP contribution in [0.1, 0.15) is 5.56 Å². The lowest BCUT2D eigenvalue weighted by molar-refractivity contribution is 0.292. The van der Waals surface area contributed by atoms with Crippen molar-refractivity contribution in [3.05, 3.63) is 33.3 Å². The minimum atomic E-state index is -0.715. The Hall–Kier alpha value is -1.67. The van der Waals surface area contributed by atoms with Gasteiger partial charge in [0.15, 0.2) is 0 Å². The molecule has 0 aliphatic rings. The molecular weight excluding hydrogens is 314 g/mol. The molecule has 0 aliphatic heterocycles. The molecule has 0 amide bonds. The first kappa shape index (κ1) is 14.3. The molecule has 0 saturated heterocycles. The van der Waals surface area contributed by atoms with Crippen molar-refractivity contribution in [2.45, 2.75) is 6.54 Å². The average Bonchev–Trinajstić information content (AvgIpc) is 2.81. The number of aliphatic hydroxyl groups is 1. The molecule has 0 radical (unpaired) electrons. The molecule has 3 aromatic rings. The predicted octanol–water partition coefficient (Wildman–Crippen LogP) is 1.72. The SMILES string of the molecule is Nc1oc(=O)nc2sc3c(Cl)c(CNCCO)ccc3c12. The summed E-state index contributed by atoms with van der Waals surface area (Å²) in [6, 6.07) is 3.76. The number of fused-ring (bicyclic) bond motifs is 3. The van der Waals surface area contributed by atoms with Gasteiger partial charge in [0, 0.05) is 18.5 Å². The number of nitrogens with one attached hydrogen (secondary N) is 1. The molecule has 0 bridgehead atoms. The Balaban J connectivity index is 2.18. The van der Waals surface area contributed by atoms with Crippen LogP contribution in [0.15, 0.2) is 21.3 Å². The van der Waals surface area contributed by atoms with Crippen LogP contribution in [0.25, 0.3) is 20.3 Å². The van der Waals surface area contributed by atoms with Crippen LogP contribution in [-0.2, 0) is 6.54 Å². The largest absolute Gasteiger partial charge is 0.441 e. The number of benzene rings is 1. The fourth-order valence-corrected chi connectivity index (χ4v) is 3.64. The number of nitrogen functional groups attached to an aromatic ring is 1. The van der Waals surface area contributed by atoms with Crippen molar-refractivity contribution in [2.75, 3.05) is 18.9 Å². The molecule has 8 heteroatoms. The number of hydrogen-bond acceptors (Lipinski definition) is 7. The molecule has 110 valence electrons.